The summed E-state index contributed by atoms with van der Waals surface area (Å²) >= 11 is 0. The summed E-state index contributed by atoms with van der Waals surface area (Å²) < 4.78 is 16.0. The minimum absolute atomic E-state index is 0.224. The van der Waals surface area contributed by atoms with Crippen LogP contribution >= 0.6 is 0 Å². The zero-order chi connectivity index (χ0) is 21.5. The first kappa shape index (κ1) is 19.4. The average molecular weight is 419 g/mol. The van der Waals surface area contributed by atoms with Crippen molar-refractivity contribution >= 4 is 34.0 Å². The quantitative estimate of drug-likeness (QED) is 0.531. The number of aromatic nitrogens is 4. The molecule has 1 atom stereocenters. The summed E-state index contributed by atoms with van der Waals surface area (Å²) in [6, 6.07) is 5.29. The summed E-state index contributed by atoms with van der Waals surface area (Å²) in [6.45, 7) is 6.51. The molecule has 8 nitrogen and oxygen atoms in total. The number of nitrogens with zero attached hydrogens (tertiary/aromatic N) is 5. The average Bonchev–Trinajstić information content (AvgIpc) is 3.13. The molecule has 1 aliphatic rings. The molecule has 0 aliphatic carbocycles. The van der Waals surface area contributed by atoms with E-state index in [1.807, 2.05) is 6.07 Å². The van der Waals surface area contributed by atoms with Gasteiger partial charge in [0.05, 0.1) is 22.6 Å². The number of piperazine rings is 1. The van der Waals surface area contributed by atoms with Crippen LogP contribution in [0.15, 0.2) is 43.0 Å². The SMILES string of the molecule is Cc1cn2cc(NC(=O)c3ccc(N4CCN[C@H](C)C4)c4nccnc34)cc(F)c2n1. The Bertz CT molecular complexity index is 1300. The van der Waals surface area contributed by atoms with Gasteiger partial charge in [0.15, 0.2) is 11.5 Å². The number of rotatable bonds is 3. The number of hydrogen-bond donors (Lipinski definition) is 2. The molecule has 0 radical (unpaired) electrons. The van der Waals surface area contributed by atoms with Crippen LogP contribution in [0, 0.1) is 12.7 Å². The zero-order valence-corrected chi connectivity index (χ0v) is 17.3. The molecule has 2 N–H and O–H groups in total. The van der Waals surface area contributed by atoms with Gasteiger partial charge in [-0.2, -0.15) is 0 Å². The van der Waals surface area contributed by atoms with Crippen molar-refractivity contribution in [2.45, 2.75) is 19.9 Å². The van der Waals surface area contributed by atoms with Crippen molar-refractivity contribution in [1.29, 1.82) is 0 Å². The van der Waals surface area contributed by atoms with Crippen molar-refractivity contribution in [2.75, 3.05) is 29.9 Å². The molecule has 0 saturated carbocycles. The van der Waals surface area contributed by atoms with Gasteiger partial charge in [0.2, 0.25) is 0 Å². The first-order valence-electron chi connectivity index (χ1n) is 10.2. The fourth-order valence-electron chi connectivity index (χ4n) is 4.08. The minimum Gasteiger partial charge on any atom is -0.367 e. The number of imidazole rings is 1. The molecular weight excluding hydrogens is 397 g/mol. The number of benzene rings is 1. The molecule has 1 saturated heterocycles. The lowest BCUT2D eigenvalue weighted by molar-refractivity contribution is 0.102. The Labute approximate surface area is 178 Å². The highest BCUT2D eigenvalue weighted by atomic mass is 19.1. The maximum atomic E-state index is 14.4. The normalized spacial score (nSPS) is 16.7. The third-order valence-corrected chi connectivity index (χ3v) is 5.44. The number of aryl methyl sites for hydroxylation is 1. The highest BCUT2D eigenvalue weighted by molar-refractivity contribution is 6.13. The molecule has 5 rings (SSSR count). The van der Waals surface area contributed by atoms with E-state index in [1.165, 1.54) is 6.07 Å². The van der Waals surface area contributed by atoms with E-state index >= 15 is 0 Å². The van der Waals surface area contributed by atoms with Crippen LogP contribution in [-0.2, 0) is 0 Å². The molecule has 4 heterocycles. The smallest absolute Gasteiger partial charge is 0.257 e. The number of nitrogens with one attached hydrogen (secondary N) is 2. The van der Waals surface area contributed by atoms with Gasteiger partial charge in [-0.3, -0.25) is 14.8 Å². The molecule has 0 spiro atoms. The summed E-state index contributed by atoms with van der Waals surface area (Å²) in [5.41, 5.74) is 3.79. The summed E-state index contributed by atoms with van der Waals surface area (Å²) in [6.07, 6.45) is 6.55. The topological polar surface area (TPSA) is 87.5 Å². The van der Waals surface area contributed by atoms with Gasteiger partial charge in [-0.1, -0.05) is 0 Å². The van der Waals surface area contributed by atoms with Gasteiger partial charge in [0.25, 0.3) is 5.91 Å². The summed E-state index contributed by atoms with van der Waals surface area (Å²) in [4.78, 5) is 28.4. The van der Waals surface area contributed by atoms with Gasteiger partial charge >= 0.3 is 0 Å². The van der Waals surface area contributed by atoms with Gasteiger partial charge in [-0.05, 0) is 26.0 Å². The molecule has 1 aliphatic heterocycles. The van der Waals surface area contributed by atoms with Gasteiger partial charge in [0, 0.05) is 56.5 Å². The van der Waals surface area contributed by atoms with Crippen molar-refractivity contribution in [3.05, 3.63) is 60.1 Å². The van der Waals surface area contributed by atoms with Gasteiger partial charge in [-0.15, -0.1) is 0 Å². The monoisotopic (exact) mass is 419 g/mol. The van der Waals surface area contributed by atoms with Crippen molar-refractivity contribution < 1.29 is 9.18 Å². The Morgan fingerprint density at radius 3 is 2.84 bits per heavy atom. The van der Waals surface area contributed by atoms with Crippen LogP contribution in [0.25, 0.3) is 16.7 Å². The van der Waals surface area contributed by atoms with Crippen molar-refractivity contribution in [2.24, 2.45) is 0 Å². The van der Waals surface area contributed by atoms with Crippen LogP contribution in [0.5, 0.6) is 0 Å². The van der Waals surface area contributed by atoms with Gasteiger partial charge < -0.3 is 19.9 Å². The Morgan fingerprint density at radius 2 is 2.03 bits per heavy atom. The number of anilines is 2. The first-order valence-corrected chi connectivity index (χ1v) is 10.2. The number of hydrogen-bond acceptors (Lipinski definition) is 6. The third kappa shape index (κ3) is 3.57. The third-order valence-electron chi connectivity index (χ3n) is 5.44. The molecule has 1 amide bonds. The van der Waals surface area contributed by atoms with E-state index in [0.717, 1.165) is 25.3 Å². The van der Waals surface area contributed by atoms with E-state index in [9.17, 15) is 9.18 Å². The van der Waals surface area contributed by atoms with Crippen LogP contribution in [0.3, 0.4) is 0 Å². The molecule has 9 heteroatoms. The van der Waals surface area contributed by atoms with Crippen LogP contribution < -0.4 is 15.5 Å². The zero-order valence-electron chi connectivity index (χ0n) is 17.3. The lowest BCUT2D eigenvalue weighted by Crippen LogP contribution is -2.49. The Morgan fingerprint density at radius 1 is 1.23 bits per heavy atom. The van der Waals surface area contributed by atoms with E-state index in [1.54, 1.807) is 42.2 Å². The maximum Gasteiger partial charge on any atom is 0.257 e. The molecule has 3 aromatic heterocycles. The maximum absolute atomic E-state index is 14.4. The van der Waals surface area contributed by atoms with Crippen molar-refractivity contribution in [1.82, 2.24) is 24.7 Å². The Kier molecular flexibility index (Phi) is 4.74. The van der Waals surface area contributed by atoms with E-state index < -0.39 is 5.82 Å². The van der Waals surface area contributed by atoms with Gasteiger partial charge in [0.1, 0.15) is 11.0 Å². The lowest BCUT2D eigenvalue weighted by Gasteiger charge is -2.34. The van der Waals surface area contributed by atoms with E-state index in [-0.39, 0.29) is 11.6 Å². The van der Waals surface area contributed by atoms with E-state index in [4.69, 9.17) is 0 Å². The number of fused-ring (bicyclic) bond motifs is 2. The second kappa shape index (κ2) is 7.59. The number of carbonyl (C=O) groups is 1. The van der Waals surface area contributed by atoms with Crippen LogP contribution in [0.2, 0.25) is 0 Å². The van der Waals surface area contributed by atoms with Crippen LogP contribution in [0.4, 0.5) is 15.8 Å². The number of halogens is 1. The predicted octanol–water partition coefficient (Wildman–Crippen LogP) is 2.78. The molecule has 1 fully saturated rings. The molecule has 158 valence electrons. The first-order chi connectivity index (χ1) is 15.0. The van der Waals surface area contributed by atoms with Crippen molar-refractivity contribution in [3.8, 4) is 0 Å². The highest BCUT2D eigenvalue weighted by Gasteiger charge is 2.21. The van der Waals surface area contributed by atoms with Crippen molar-refractivity contribution in [3.63, 3.8) is 0 Å². The van der Waals surface area contributed by atoms with Gasteiger partial charge in [-0.25, -0.2) is 9.37 Å². The number of amides is 1. The second-order valence-electron chi connectivity index (χ2n) is 7.83. The lowest BCUT2D eigenvalue weighted by atomic mass is 10.1. The number of pyridine rings is 1. The Hall–Kier alpha value is -3.59. The molecular formula is C22H22FN7O. The molecule has 0 bridgehead atoms. The highest BCUT2D eigenvalue weighted by Crippen LogP contribution is 2.28. The standard InChI is InChI=1S/C22H22FN7O/c1-13-10-29(8-7-24-13)18-4-3-16(19-20(18)26-6-5-25-19)22(31)28-15-9-17(23)21-27-14(2)11-30(21)12-15/h3-6,9,11-13,24H,7-8,10H2,1-2H3,(H,28,31)/t13-/m1/s1. The fraction of sp³-hybridized carbons (Fsp3) is 0.273. The Balaban J connectivity index is 1.50. The molecule has 4 aromatic rings. The molecule has 1 aromatic carbocycles. The summed E-state index contributed by atoms with van der Waals surface area (Å²) in [7, 11) is 0. The molecule has 31 heavy (non-hydrogen) atoms. The summed E-state index contributed by atoms with van der Waals surface area (Å²) in [5.74, 6) is -0.875. The minimum atomic E-state index is -0.501. The summed E-state index contributed by atoms with van der Waals surface area (Å²) in [5, 5.41) is 6.21. The predicted molar refractivity (Wildman–Crippen MR) is 117 cm³/mol. The largest absolute Gasteiger partial charge is 0.367 e. The second-order valence-corrected chi connectivity index (χ2v) is 7.83. The van der Waals surface area contributed by atoms with E-state index in [2.05, 4.69) is 37.4 Å². The van der Waals surface area contributed by atoms with Crippen LogP contribution in [0.1, 0.15) is 23.0 Å². The number of carbonyl (C=O) groups excluding carboxylic acids is 1. The fourth-order valence-corrected chi connectivity index (χ4v) is 4.08. The van der Waals surface area contributed by atoms with E-state index in [0.29, 0.717) is 34.0 Å². The van der Waals surface area contributed by atoms with Crippen LogP contribution in [-0.4, -0.2) is 50.9 Å². The molecule has 0 unspecified atom stereocenters.